The molecule has 4 rings (SSSR count). The Hall–Kier alpha value is -3.52. The standard InChI is InChI=1S/C23H19N3O2/c24-13-19(21-11-10-17-8-4-5-9-20(17)25-21)23(28)18-12-22(27)26(15-18)14-16-6-2-1-3-7-16/h1-11,18-19H,12,14-15H2/t18-,19+/m0/s1. The number of rotatable bonds is 5. The molecule has 1 amide bonds. The average molecular weight is 369 g/mol. The van der Waals surface area contributed by atoms with E-state index >= 15 is 0 Å². The molecule has 1 aliphatic rings. The normalized spacial score (nSPS) is 17.5. The second kappa shape index (κ2) is 7.61. The van der Waals surface area contributed by atoms with Crippen LogP contribution in [0.4, 0.5) is 0 Å². The summed E-state index contributed by atoms with van der Waals surface area (Å²) >= 11 is 0. The predicted octanol–water partition coefficient (Wildman–Crippen LogP) is 3.46. The Bertz CT molecular complexity index is 1070. The van der Waals surface area contributed by atoms with Gasteiger partial charge in [0.2, 0.25) is 5.91 Å². The Morgan fingerprint density at radius 1 is 1.11 bits per heavy atom. The van der Waals surface area contributed by atoms with E-state index in [0.717, 1.165) is 16.5 Å². The molecule has 0 bridgehead atoms. The topological polar surface area (TPSA) is 74.1 Å². The first kappa shape index (κ1) is 17.9. The zero-order valence-electron chi connectivity index (χ0n) is 15.3. The number of carbonyl (C=O) groups excluding carboxylic acids is 2. The van der Waals surface area contributed by atoms with Crippen LogP contribution in [0.2, 0.25) is 0 Å². The minimum atomic E-state index is -0.959. The first-order valence-electron chi connectivity index (χ1n) is 9.26. The lowest BCUT2D eigenvalue weighted by Crippen LogP contribution is -2.27. The molecule has 2 atom stereocenters. The Labute approximate surface area is 163 Å². The molecule has 1 aromatic heterocycles. The van der Waals surface area contributed by atoms with E-state index in [1.165, 1.54) is 0 Å². The van der Waals surface area contributed by atoms with Crippen molar-refractivity contribution in [3.05, 3.63) is 78.0 Å². The maximum Gasteiger partial charge on any atom is 0.223 e. The number of likely N-dealkylation sites (tertiary alicyclic amines) is 1. The van der Waals surface area contributed by atoms with E-state index < -0.39 is 11.8 Å². The van der Waals surface area contributed by atoms with Crippen LogP contribution >= 0.6 is 0 Å². The third-order valence-electron chi connectivity index (χ3n) is 5.16. The van der Waals surface area contributed by atoms with Crippen molar-refractivity contribution in [2.45, 2.75) is 18.9 Å². The number of ketones is 1. The summed E-state index contributed by atoms with van der Waals surface area (Å²) in [7, 11) is 0. The summed E-state index contributed by atoms with van der Waals surface area (Å²) in [5.41, 5.74) is 2.22. The van der Waals surface area contributed by atoms with Crippen molar-refractivity contribution in [2.75, 3.05) is 6.54 Å². The van der Waals surface area contributed by atoms with Crippen molar-refractivity contribution in [1.82, 2.24) is 9.88 Å². The SMILES string of the molecule is N#C[C@@H](C(=O)[C@H]1CC(=O)N(Cc2ccccc2)C1)c1ccc2ccccc2n1. The molecule has 0 saturated carbocycles. The molecule has 3 aromatic rings. The maximum atomic E-state index is 13.0. The Morgan fingerprint density at radius 3 is 2.64 bits per heavy atom. The van der Waals surface area contributed by atoms with E-state index in [4.69, 9.17) is 0 Å². The fraction of sp³-hybridized carbons (Fsp3) is 0.217. The maximum absolute atomic E-state index is 13.0. The van der Waals surface area contributed by atoms with Crippen LogP contribution in [0.3, 0.4) is 0 Å². The predicted molar refractivity (Wildman–Crippen MR) is 105 cm³/mol. The number of fused-ring (bicyclic) bond motifs is 1. The van der Waals surface area contributed by atoms with E-state index in [1.807, 2.05) is 60.7 Å². The van der Waals surface area contributed by atoms with Gasteiger partial charge in [-0.3, -0.25) is 14.6 Å². The number of nitrogens with zero attached hydrogens (tertiary/aromatic N) is 3. The zero-order chi connectivity index (χ0) is 19.5. The van der Waals surface area contributed by atoms with Crippen molar-refractivity contribution < 1.29 is 9.59 Å². The quantitative estimate of drug-likeness (QED) is 0.690. The van der Waals surface area contributed by atoms with Crippen molar-refractivity contribution in [3.63, 3.8) is 0 Å². The summed E-state index contributed by atoms with van der Waals surface area (Å²) in [4.78, 5) is 31.6. The summed E-state index contributed by atoms with van der Waals surface area (Å²) in [5, 5.41) is 10.6. The summed E-state index contributed by atoms with van der Waals surface area (Å²) in [6, 6.07) is 23.0. The first-order valence-corrected chi connectivity index (χ1v) is 9.26. The molecule has 0 unspecified atom stereocenters. The van der Waals surface area contributed by atoms with Crippen molar-refractivity contribution in [1.29, 1.82) is 5.26 Å². The second-order valence-electron chi connectivity index (χ2n) is 7.05. The van der Waals surface area contributed by atoms with Gasteiger partial charge in [-0.2, -0.15) is 5.26 Å². The molecule has 1 fully saturated rings. The molecule has 5 nitrogen and oxygen atoms in total. The van der Waals surface area contributed by atoms with E-state index in [9.17, 15) is 14.9 Å². The van der Waals surface area contributed by atoms with Crippen molar-refractivity contribution in [2.24, 2.45) is 5.92 Å². The molecule has 2 heterocycles. The molecule has 1 saturated heterocycles. The number of benzene rings is 2. The highest BCUT2D eigenvalue weighted by Gasteiger charge is 2.38. The van der Waals surface area contributed by atoms with E-state index in [1.54, 1.807) is 11.0 Å². The van der Waals surface area contributed by atoms with Gasteiger partial charge in [-0.05, 0) is 17.7 Å². The smallest absolute Gasteiger partial charge is 0.223 e. The number of Topliss-reactive ketones (excluding diaryl/α,β-unsaturated/α-hetero) is 1. The molecule has 28 heavy (non-hydrogen) atoms. The van der Waals surface area contributed by atoms with Gasteiger partial charge >= 0.3 is 0 Å². The highest BCUT2D eigenvalue weighted by atomic mass is 16.2. The van der Waals surface area contributed by atoms with Crippen molar-refractivity contribution >= 4 is 22.6 Å². The third kappa shape index (κ3) is 3.49. The molecule has 5 heteroatoms. The molecular formula is C23H19N3O2. The van der Waals surface area contributed by atoms with Crippen LogP contribution in [0.25, 0.3) is 10.9 Å². The molecule has 0 radical (unpaired) electrons. The minimum Gasteiger partial charge on any atom is -0.338 e. The molecule has 0 N–H and O–H groups in total. The number of hydrogen-bond donors (Lipinski definition) is 0. The molecule has 0 aliphatic carbocycles. The molecule has 138 valence electrons. The van der Waals surface area contributed by atoms with Gasteiger partial charge in [-0.25, -0.2) is 0 Å². The number of nitriles is 1. The monoisotopic (exact) mass is 369 g/mol. The van der Waals surface area contributed by atoms with Crippen LogP contribution in [0.1, 0.15) is 23.6 Å². The van der Waals surface area contributed by atoms with Gasteiger partial charge in [-0.15, -0.1) is 0 Å². The zero-order valence-corrected chi connectivity index (χ0v) is 15.3. The molecular weight excluding hydrogens is 350 g/mol. The summed E-state index contributed by atoms with van der Waals surface area (Å²) < 4.78 is 0. The molecule has 1 aliphatic heterocycles. The van der Waals surface area contributed by atoms with Gasteiger partial charge < -0.3 is 4.90 Å². The van der Waals surface area contributed by atoms with Gasteiger partial charge in [0.25, 0.3) is 0 Å². The van der Waals surface area contributed by atoms with Gasteiger partial charge in [-0.1, -0.05) is 54.6 Å². The number of amides is 1. The number of para-hydroxylation sites is 1. The van der Waals surface area contributed by atoms with Crippen LogP contribution in [-0.2, 0) is 16.1 Å². The van der Waals surface area contributed by atoms with E-state index in [-0.39, 0.29) is 18.1 Å². The van der Waals surface area contributed by atoms with E-state index in [0.29, 0.717) is 18.8 Å². The van der Waals surface area contributed by atoms with Crippen LogP contribution in [0.15, 0.2) is 66.7 Å². The number of hydrogen-bond acceptors (Lipinski definition) is 4. The van der Waals surface area contributed by atoms with Gasteiger partial charge in [0.05, 0.1) is 17.3 Å². The summed E-state index contributed by atoms with van der Waals surface area (Å²) in [5.74, 6) is -1.72. The van der Waals surface area contributed by atoms with Crippen LogP contribution in [0.5, 0.6) is 0 Å². The molecule has 2 aromatic carbocycles. The van der Waals surface area contributed by atoms with Crippen molar-refractivity contribution in [3.8, 4) is 6.07 Å². The number of aromatic nitrogens is 1. The Morgan fingerprint density at radius 2 is 1.86 bits per heavy atom. The Balaban J connectivity index is 1.52. The van der Waals surface area contributed by atoms with Crippen LogP contribution in [-0.4, -0.2) is 28.1 Å². The first-order chi connectivity index (χ1) is 13.7. The van der Waals surface area contributed by atoms with Gasteiger partial charge in [0, 0.05) is 30.8 Å². The lowest BCUT2D eigenvalue weighted by Gasteiger charge is -2.17. The van der Waals surface area contributed by atoms with Crippen LogP contribution in [0, 0.1) is 17.2 Å². The Kier molecular flexibility index (Phi) is 4.86. The number of carbonyl (C=O) groups is 2. The second-order valence-corrected chi connectivity index (χ2v) is 7.05. The van der Waals surface area contributed by atoms with E-state index in [2.05, 4.69) is 11.1 Å². The largest absolute Gasteiger partial charge is 0.338 e. The summed E-state index contributed by atoms with van der Waals surface area (Å²) in [6.45, 7) is 0.827. The summed E-state index contributed by atoms with van der Waals surface area (Å²) in [6.07, 6.45) is 0.150. The van der Waals surface area contributed by atoms with Crippen LogP contribution < -0.4 is 0 Å². The third-order valence-corrected chi connectivity index (χ3v) is 5.16. The average Bonchev–Trinajstić information content (AvgIpc) is 3.09. The number of pyridine rings is 1. The van der Waals surface area contributed by atoms with Gasteiger partial charge in [0.15, 0.2) is 5.78 Å². The highest BCUT2D eigenvalue weighted by Crippen LogP contribution is 2.28. The highest BCUT2D eigenvalue weighted by molar-refractivity contribution is 5.96. The lowest BCUT2D eigenvalue weighted by molar-refractivity contribution is -0.129. The minimum absolute atomic E-state index is 0.0506. The van der Waals surface area contributed by atoms with Gasteiger partial charge in [0.1, 0.15) is 5.92 Å². The lowest BCUT2D eigenvalue weighted by atomic mass is 9.90. The molecule has 0 spiro atoms. The fourth-order valence-corrected chi connectivity index (χ4v) is 3.67. The fourth-order valence-electron chi connectivity index (χ4n) is 3.67.